The average Bonchev–Trinajstić information content (AvgIpc) is 3.53. The van der Waals surface area contributed by atoms with Gasteiger partial charge in [0, 0.05) is 37.5 Å². The number of benzene rings is 1. The first-order valence-electron chi connectivity index (χ1n) is 12.1. The highest BCUT2D eigenvalue weighted by Crippen LogP contribution is 2.33. The minimum atomic E-state index is -0.829. The van der Waals surface area contributed by atoms with Gasteiger partial charge in [-0.3, -0.25) is 23.1 Å². The Morgan fingerprint density at radius 3 is 2.58 bits per heavy atom. The minimum absolute atomic E-state index is 0.0283. The van der Waals surface area contributed by atoms with Crippen molar-refractivity contribution in [1.82, 2.24) is 23.1 Å². The largest absolute Gasteiger partial charge is 0.355 e. The van der Waals surface area contributed by atoms with Crippen LogP contribution >= 0.6 is 11.6 Å². The van der Waals surface area contributed by atoms with Crippen LogP contribution in [0, 0.1) is 11.6 Å². The average molecular weight is 537 g/mol. The summed E-state index contributed by atoms with van der Waals surface area (Å²) in [5.74, 6) is -0.549. The summed E-state index contributed by atoms with van der Waals surface area (Å²) in [4.78, 5) is 48.1. The number of nitrogens with zero attached hydrogens (tertiary/aromatic N) is 6. The molecule has 38 heavy (non-hydrogen) atoms. The fourth-order valence-electron chi connectivity index (χ4n) is 5.75. The second kappa shape index (κ2) is 8.12. The van der Waals surface area contributed by atoms with Gasteiger partial charge in [-0.15, -0.1) is 0 Å². The topological polar surface area (TPSA) is 86.5 Å². The molecule has 0 bridgehead atoms. The van der Waals surface area contributed by atoms with Crippen LogP contribution in [0.5, 0.6) is 0 Å². The molecule has 4 aromatic heterocycles. The molecule has 0 aliphatic carbocycles. The third-order valence-corrected chi connectivity index (χ3v) is 7.79. The molecule has 0 unspecified atom stereocenters. The molecular formula is C26H19ClF2N6O3. The van der Waals surface area contributed by atoms with Crippen LogP contribution in [0.25, 0.3) is 28.1 Å². The molecule has 0 saturated carbocycles. The Bertz CT molecular complexity index is 1990. The van der Waals surface area contributed by atoms with Gasteiger partial charge in [-0.05, 0) is 43.5 Å². The molecule has 5 aromatic rings. The van der Waals surface area contributed by atoms with Gasteiger partial charge in [0.05, 0.1) is 22.4 Å². The third-order valence-electron chi connectivity index (χ3n) is 7.50. The Balaban J connectivity index is 1.64. The van der Waals surface area contributed by atoms with E-state index in [2.05, 4.69) is 9.88 Å². The molecule has 1 atom stereocenters. The van der Waals surface area contributed by atoms with Crippen LogP contribution < -0.4 is 21.7 Å². The Morgan fingerprint density at radius 1 is 0.921 bits per heavy atom. The summed E-state index contributed by atoms with van der Waals surface area (Å²) in [5, 5.41) is -0.427. The maximum Gasteiger partial charge on any atom is 0.342 e. The number of hydrogen-bond acceptors (Lipinski definition) is 5. The van der Waals surface area contributed by atoms with E-state index in [4.69, 9.17) is 11.6 Å². The van der Waals surface area contributed by atoms with Crippen molar-refractivity contribution in [3.8, 4) is 11.5 Å². The molecule has 1 fully saturated rings. The summed E-state index contributed by atoms with van der Waals surface area (Å²) >= 11 is 6.07. The van der Waals surface area contributed by atoms with E-state index in [1.165, 1.54) is 39.6 Å². The fraction of sp³-hybridized carbons (Fsp3) is 0.231. The van der Waals surface area contributed by atoms with Gasteiger partial charge in [0.2, 0.25) is 0 Å². The summed E-state index contributed by atoms with van der Waals surface area (Å²) in [5.41, 5.74) is -1.71. The number of aromatic nitrogens is 5. The number of rotatable bonds is 2. The highest BCUT2D eigenvalue weighted by Gasteiger charge is 2.33. The van der Waals surface area contributed by atoms with Crippen molar-refractivity contribution in [3.05, 3.63) is 96.6 Å². The number of hydrogen-bond donors (Lipinski definition) is 0. The van der Waals surface area contributed by atoms with Crippen LogP contribution in [0.1, 0.15) is 19.3 Å². The predicted octanol–water partition coefficient (Wildman–Crippen LogP) is 3.26. The van der Waals surface area contributed by atoms with Gasteiger partial charge in [-0.1, -0.05) is 11.6 Å². The summed E-state index contributed by atoms with van der Waals surface area (Å²) in [7, 11) is 0. The summed E-state index contributed by atoms with van der Waals surface area (Å²) in [6.07, 6.45) is 5.36. The molecule has 6 heterocycles. The maximum absolute atomic E-state index is 14.1. The third kappa shape index (κ3) is 3.14. The highest BCUT2D eigenvalue weighted by atomic mass is 35.5. The normalized spacial score (nSPS) is 16.8. The number of halogens is 3. The second-order valence-corrected chi connectivity index (χ2v) is 9.95. The molecule has 1 saturated heterocycles. The molecule has 0 N–H and O–H groups in total. The Hall–Kier alpha value is -4.25. The lowest BCUT2D eigenvalue weighted by molar-refractivity contribution is 0.483. The van der Waals surface area contributed by atoms with Gasteiger partial charge in [-0.2, -0.15) is 0 Å². The van der Waals surface area contributed by atoms with E-state index in [1.54, 1.807) is 10.6 Å². The lowest BCUT2D eigenvalue weighted by Crippen LogP contribution is -2.45. The predicted molar refractivity (Wildman–Crippen MR) is 138 cm³/mol. The monoisotopic (exact) mass is 536 g/mol. The van der Waals surface area contributed by atoms with Crippen molar-refractivity contribution in [1.29, 1.82) is 0 Å². The zero-order valence-corrected chi connectivity index (χ0v) is 20.5. The van der Waals surface area contributed by atoms with Crippen LogP contribution in [-0.2, 0) is 6.54 Å². The van der Waals surface area contributed by atoms with Crippen molar-refractivity contribution < 1.29 is 8.78 Å². The van der Waals surface area contributed by atoms with Crippen molar-refractivity contribution in [2.24, 2.45) is 0 Å². The zero-order valence-electron chi connectivity index (χ0n) is 19.8. The van der Waals surface area contributed by atoms with Crippen molar-refractivity contribution in [3.63, 3.8) is 0 Å². The quantitative estimate of drug-likeness (QED) is 0.346. The van der Waals surface area contributed by atoms with Crippen LogP contribution in [0.3, 0.4) is 0 Å². The van der Waals surface area contributed by atoms with Gasteiger partial charge in [0.1, 0.15) is 34.3 Å². The van der Waals surface area contributed by atoms with Gasteiger partial charge in [0.25, 0.3) is 11.1 Å². The lowest BCUT2D eigenvalue weighted by Gasteiger charge is -2.34. The van der Waals surface area contributed by atoms with Gasteiger partial charge in [-0.25, -0.2) is 23.1 Å². The number of anilines is 1. The molecule has 12 heteroatoms. The molecule has 7 rings (SSSR count). The van der Waals surface area contributed by atoms with E-state index in [1.807, 2.05) is 0 Å². The first-order chi connectivity index (χ1) is 18.3. The smallest absolute Gasteiger partial charge is 0.342 e. The lowest BCUT2D eigenvalue weighted by atomic mass is 10.1. The van der Waals surface area contributed by atoms with Crippen molar-refractivity contribution in [2.75, 3.05) is 11.4 Å². The molecule has 0 radical (unpaired) electrons. The van der Waals surface area contributed by atoms with Gasteiger partial charge >= 0.3 is 5.69 Å². The van der Waals surface area contributed by atoms with Crippen molar-refractivity contribution in [2.45, 2.75) is 31.8 Å². The molecule has 2 aliphatic heterocycles. The zero-order chi connectivity index (χ0) is 26.3. The number of fused-ring (bicyclic) bond motifs is 5. The Morgan fingerprint density at radius 2 is 1.76 bits per heavy atom. The fourth-order valence-corrected chi connectivity index (χ4v) is 5.93. The Labute approximate surface area is 217 Å². The standard InChI is InChI=1S/C26H19ClF2N6O3/c27-17-11-16(3-4-18(17)29)34-19-12-21-31-7-1-2-15(31)6-9-33(21)24(36)23(19)25(37)35(26(34)38)22-13-30-20-10-14(28)5-8-32(20)22/h3-5,8,10-13,15H,1-2,6-7,9H2/t15-/m1/s1. The highest BCUT2D eigenvalue weighted by molar-refractivity contribution is 6.30. The van der Waals surface area contributed by atoms with Gasteiger partial charge in [0.15, 0.2) is 0 Å². The summed E-state index contributed by atoms with van der Waals surface area (Å²) in [6, 6.07) is 8.03. The molecule has 0 spiro atoms. The minimum Gasteiger partial charge on any atom is -0.355 e. The van der Waals surface area contributed by atoms with Crippen LogP contribution in [0.15, 0.2) is 63.2 Å². The van der Waals surface area contributed by atoms with Gasteiger partial charge < -0.3 is 4.90 Å². The first-order valence-corrected chi connectivity index (χ1v) is 12.5. The van der Waals surface area contributed by atoms with Crippen LogP contribution in [0.2, 0.25) is 5.02 Å². The van der Waals surface area contributed by atoms with Crippen molar-refractivity contribution >= 4 is 34.0 Å². The first kappa shape index (κ1) is 22.9. The summed E-state index contributed by atoms with van der Waals surface area (Å²) < 4.78 is 32.8. The maximum atomic E-state index is 14.1. The van der Waals surface area contributed by atoms with E-state index in [9.17, 15) is 23.2 Å². The van der Waals surface area contributed by atoms with Crippen LogP contribution in [-0.4, -0.2) is 35.7 Å². The molecule has 192 valence electrons. The van der Waals surface area contributed by atoms with Crippen LogP contribution in [0.4, 0.5) is 14.6 Å². The molecular weight excluding hydrogens is 518 g/mol. The molecule has 9 nitrogen and oxygen atoms in total. The number of imidazole rings is 1. The van der Waals surface area contributed by atoms with E-state index in [-0.39, 0.29) is 39.1 Å². The summed E-state index contributed by atoms with van der Waals surface area (Å²) in [6.45, 7) is 1.21. The second-order valence-electron chi connectivity index (χ2n) is 9.54. The van der Waals surface area contributed by atoms with E-state index < -0.39 is 28.4 Å². The van der Waals surface area contributed by atoms with E-state index in [0.717, 1.165) is 42.5 Å². The molecule has 1 aromatic carbocycles. The number of pyridine rings is 2. The van der Waals surface area contributed by atoms with E-state index >= 15 is 0 Å². The Kier molecular flexibility index (Phi) is 4.90. The molecule has 2 aliphatic rings. The van der Waals surface area contributed by atoms with E-state index in [0.29, 0.717) is 12.4 Å². The molecule has 0 amide bonds. The SMILES string of the molecule is O=c1c2c(=O)n(-c3cnc4cc(F)ccn34)c(=O)n(-c3ccc(F)c(Cl)c3)c2cc2n1CC[C@H]1CCCN21.